The van der Waals surface area contributed by atoms with Gasteiger partial charge in [-0.3, -0.25) is 14.7 Å². The van der Waals surface area contributed by atoms with Gasteiger partial charge in [0.05, 0.1) is 6.42 Å². The molecule has 2 N–H and O–H groups in total. The zero-order valence-corrected chi connectivity index (χ0v) is 12.0. The Kier molecular flexibility index (Phi) is 4.37. The van der Waals surface area contributed by atoms with Crippen LogP contribution >= 0.6 is 0 Å². The number of aromatic amines is 1. The van der Waals surface area contributed by atoms with E-state index in [1.807, 2.05) is 25.1 Å². The summed E-state index contributed by atoms with van der Waals surface area (Å²) in [5.41, 5.74) is 2.66. The molecule has 0 aliphatic rings. The lowest BCUT2D eigenvalue weighted by atomic mass is 10.1. The van der Waals surface area contributed by atoms with Gasteiger partial charge in [0.25, 0.3) is 5.91 Å². The Labute approximate surface area is 122 Å². The van der Waals surface area contributed by atoms with Crippen molar-refractivity contribution in [1.82, 2.24) is 10.2 Å². The van der Waals surface area contributed by atoms with Gasteiger partial charge in [-0.2, -0.15) is 5.10 Å². The van der Waals surface area contributed by atoms with Crippen molar-refractivity contribution in [3.8, 4) is 0 Å². The third-order valence-corrected chi connectivity index (χ3v) is 3.13. The maximum atomic E-state index is 12.6. The highest BCUT2D eigenvalue weighted by molar-refractivity contribution is 6.05. The Morgan fingerprint density at radius 2 is 2.00 bits per heavy atom. The molecular weight excluding hydrogens is 270 g/mol. The van der Waals surface area contributed by atoms with Gasteiger partial charge in [0.15, 0.2) is 5.69 Å². The molecule has 2 rings (SSSR count). The van der Waals surface area contributed by atoms with Crippen molar-refractivity contribution in [2.24, 2.45) is 0 Å². The molecule has 0 spiro atoms. The van der Waals surface area contributed by atoms with E-state index in [1.54, 1.807) is 19.1 Å². The fraction of sp³-hybridized carbons (Fsp3) is 0.267. The average molecular weight is 287 g/mol. The lowest BCUT2D eigenvalue weighted by Gasteiger charge is -2.23. The van der Waals surface area contributed by atoms with E-state index in [9.17, 15) is 9.59 Å². The number of aliphatic carboxylic acids is 1. The van der Waals surface area contributed by atoms with E-state index in [1.165, 1.54) is 4.90 Å². The number of nitrogens with zero attached hydrogens (tertiary/aromatic N) is 2. The number of carbonyl (C=O) groups excluding carboxylic acids is 1. The van der Waals surface area contributed by atoms with Crippen LogP contribution in [0.2, 0.25) is 0 Å². The van der Waals surface area contributed by atoms with Crippen molar-refractivity contribution in [2.45, 2.75) is 20.3 Å². The molecule has 6 nitrogen and oxygen atoms in total. The number of amides is 1. The molecule has 21 heavy (non-hydrogen) atoms. The molecule has 6 heteroatoms. The van der Waals surface area contributed by atoms with Gasteiger partial charge in [0.1, 0.15) is 0 Å². The summed E-state index contributed by atoms with van der Waals surface area (Å²) in [5.74, 6) is -1.26. The Hall–Kier alpha value is -2.63. The third-order valence-electron chi connectivity index (χ3n) is 3.13. The van der Waals surface area contributed by atoms with Crippen molar-refractivity contribution in [3.05, 3.63) is 47.3 Å². The molecule has 0 aliphatic carbocycles. The minimum Gasteiger partial charge on any atom is -0.481 e. The second-order valence-corrected chi connectivity index (χ2v) is 4.82. The highest BCUT2D eigenvalue weighted by Gasteiger charge is 2.21. The maximum Gasteiger partial charge on any atom is 0.305 e. The number of anilines is 1. The first-order chi connectivity index (χ1) is 9.99. The van der Waals surface area contributed by atoms with E-state index < -0.39 is 5.97 Å². The molecule has 0 atom stereocenters. The Morgan fingerprint density at radius 3 is 2.57 bits per heavy atom. The predicted molar refractivity (Wildman–Crippen MR) is 78.4 cm³/mol. The van der Waals surface area contributed by atoms with Crippen molar-refractivity contribution >= 4 is 17.6 Å². The summed E-state index contributed by atoms with van der Waals surface area (Å²) in [6, 6.07) is 9.02. The summed E-state index contributed by atoms with van der Waals surface area (Å²) in [5, 5.41) is 15.6. The number of carboxylic acid groups (broad SMARTS) is 1. The molecule has 0 unspecified atom stereocenters. The molecule has 0 aliphatic heterocycles. The van der Waals surface area contributed by atoms with Gasteiger partial charge in [-0.15, -0.1) is 0 Å². The van der Waals surface area contributed by atoms with Crippen LogP contribution in [0.5, 0.6) is 0 Å². The zero-order chi connectivity index (χ0) is 15.4. The fourth-order valence-corrected chi connectivity index (χ4v) is 2.07. The first-order valence-corrected chi connectivity index (χ1v) is 6.60. The quantitative estimate of drug-likeness (QED) is 0.882. The first-order valence-electron chi connectivity index (χ1n) is 6.60. The molecule has 1 amide bonds. The predicted octanol–water partition coefficient (Wildman–Crippen LogP) is 2.15. The highest BCUT2D eigenvalue weighted by Crippen LogP contribution is 2.21. The van der Waals surface area contributed by atoms with Crippen LogP contribution in [0.1, 0.15) is 28.2 Å². The van der Waals surface area contributed by atoms with E-state index in [0.29, 0.717) is 5.69 Å². The normalized spacial score (nSPS) is 10.4. The van der Waals surface area contributed by atoms with E-state index in [2.05, 4.69) is 10.2 Å². The SMILES string of the molecule is Cc1cc(C(=O)N(CCC(=O)O)c2ccccc2C)n[nH]1. The summed E-state index contributed by atoms with van der Waals surface area (Å²) >= 11 is 0. The number of aryl methyl sites for hydroxylation is 2. The number of benzene rings is 1. The van der Waals surface area contributed by atoms with Crippen LogP contribution < -0.4 is 4.90 Å². The molecule has 1 aromatic carbocycles. The number of rotatable bonds is 5. The van der Waals surface area contributed by atoms with Gasteiger partial charge in [-0.1, -0.05) is 18.2 Å². The van der Waals surface area contributed by atoms with E-state index in [-0.39, 0.29) is 24.6 Å². The molecule has 0 saturated heterocycles. The third kappa shape index (κ3) is 3.47. The number of hydrogen-bond donors (Lipinski definition) is 2. The molecule has 0 fully saturated rings. The number of hydrogen-bond acceptors (Lipinski definition) is 3. The van der Waals surface area contributed by atoms with Crippen molar-refractivity contribution < 1.29 is 14.7 Å². The van der Waals surface area contributed by atoms with Gasteiger partial charge < -0.3 is 10.0 Å². The summed E-state index contributed by atoms with van der Waals surface area (Å²) in [6.45, 7) is 3.79. The van der Waals surface area contributed by atoms with Crippen LogP contribution in [0.15, 0.2) is 30.3 Å². The fourth-order valence-electron chi connectivity index (χ4n) is 2.07. The molecule has 0 saturated carbocycles. The molecule has 1 heterocycles. The van der Waals surface area contributed by atoms with Crippen LogP contribution in [-0.4, -0.2) is 33.7 Å². The first kappa shape index (κ1) is 14.8. The molecule has 1 aromatic heterocycles. The molecule has 2 aromatic rings. The van der Waals surface area contributed by atoms with Gasteiger partial charge in [-0.05, 0) is 31.5 Å². The van der Waals surface area contributed by atoms with E-state index in [4.69, 9.17) is 5.11 Å². The summed E-state index contributed by atoms with van der Waals surface area (Å²) < 4.78 is 0. The van der Waals surface area contributed by atoms with Crippen molar-refractivity contribution in [1.29, 1.82) is 0 Å². The van der Waals surface area contributed by atoms with Gasteiger partial charge >= 0.3 is 5.97 Å². The van der Waals surface area contributed by atoms with Crippen LogP contribution in [0.25, 0.3) is 0 Å². The van der Waals surface area contributed by atoms with Gasteiger partial charge in [0.2, 0.25) is 0 Å². The lowest BCUT2D eigenvalue weighted by molar-refractivity contribution is -0.136. The monoisotopic (exact) mass is 287 g/mol. The molecule has 0 bridgehead atoms. The number of para-hydroxylation sites is 1. The van der Waals surface area contributed by atoms with Gasteiger partial charge in [-0.25, -0.2) is 0 Å². The molecular formula is C15H17N3O3. The number of nitrogens with one attached hydrogen (secondary N) is 1. The van der Waals surface area contributed by atoms with Crippen molar-refractivity contribution in [3.63, 3.8) is 0 Å². The number of aromatic nitrogens is 2. The Balaban J connectivity index is 2.34. The Morgan fingerprint density at radius 1 is 1.29 bits per heavy atom. The average Bonchev–Trinajstić information content (AvgIpc) is 2.87. The lowest BCUT2D eigenvalue weighted by Crippen LogP contribution is -2.33. The molecule has 110 valence electrons. The van der Waals surface area contributed by atoms with Crippen LogP contribution in [-0.2, 0) is 4.79 Å². The van der Waals surface area contributed by atoms with Crippen LogP contribution in [0, 0.1) is 13.8 Å². The van der Waals surface area contributed by atoms with Gasteiger partial charge in [0, 0.05) is 17.9 Å². The number of carboxylic acids is 1. The topological polar surface area (TPSA) is 86.3 Å². The second-order valence-electron chi connectivity index (χ2n) is 4.82. The highest BCUT2D eigenvalue weighted by atomic mass is 16.4. The zero-order valence-electron chi connectivity index (χ0n) is 12.0. The maximum absolute atomic E-state index is 12.6. The summed E-state index contributed by atoms with van der Waals surface area (Å²) in [4.78, 5) is 24.9. The Bertz CT molecular complexity index is 664. The number of carbonyl (C=O) groups is 2. The van der Waals surface area contributed by atoms with Crippen LogP contribution in [0.3, 0.4) is 0 Å². The van der Waals surface area contributed by atoms with E-state index >= 15 is 0 Å². The van der Waals surface area contributed by atoms with Crippen LogP contribution in [0.4, 0.5) is 5.69 Å². The van der Waals surface area contributed by atoms with E-state index in [0.717, 1.165) is 11.3 Å². The minimum absolute atomic E-state index is 0.102. The smallest absolute Gasteiger partial charge is 0.305 e. The standard InChI is InChI=1S/C15H17N3O3/c1-10-5-3-4-6-13(10)18(8-7-14(19)20)15(21)12-9-11(2)16-17-12/h3-6,9H,7-8H2,1-2H3,(H,16,17)(H,19,20). The van der Waals surface area contributed by atoms with Crippen molar-refractivity contribution in [2.75, 3.05) is 11.4 Å². The molecule has 0 radical (unpaired) electrons. The minimum atomic E-state index is -0.945. The summed E-state index contributed by atoms with van der Waals surface area (Å²) in [6.07, 6.45) is -0.122. The second kappa shape index (κ2) is 6.21. The largest absolute Gasteiger partial charge is 0.481 e. The number of H-pyrrole nitrogens is 1. The summed E-state index contributed by atoms with van der Waals surface area (Å²) in [7, 11) is 0.